The zero-order chi connectivity index (χ0) is 24.2. The highest BCUT2D eigenvalue weighted by atomic mass is 35.5. The predicted molar refractivity (Wildman–Crippen MR) is 147 cm³/mol. The fraction of sp³-hybridized carbons (Fsp3) is 0.300. The third-order valence-electron chi connectivity index (χ3n) is 6.81. The summed E-state index contributed by atoms with van der Waals surface area (Å²) in [6.45, 7) is 3.08. The van der Waals surface area contributed by atoms with Crippen LogP contribution in [-0.2, 0) is 6.54 Å². The molecular formula is C30H30ClNO2S. The largest absolute Gasteiger partial charge is 0.494 e. The number of rotatable bonds is 7. The summed E-state index contributed by atoms with van der Waals surface area (Å²) in [5.74, 6) is 0.860. The van der Waals surface area contributed by atoms with Crippen LogP contribution in [0.1, 0.15) is 54.3 Å². The van der Waals surface area contributed by atoms with Gasteiger partial charge in [0.1, 0.15) is 10.6 Å². The van der Waals surface area contributed by atoms with Crippen molar-refractivity contribution in [3.63, 3.8) is 0 Å². The van der Waals surface area contributed by atoms with E-state index in [0.717, 1.165) is 58.2 Å². The topological polar surface area (TPSA) is 29.5 Å². The third-order valence-corrected chi connectivity index (χ3v) is 8.48. The molecule has 1 amide bonds. The number of halogens is 1. The summed E-state index contributed by atoms with van der Waals surface area (Å²) < 4.78 is 7.06. The van der Waals surface area contributed by atoms with Gasteiger partial charge in [-0.15, -0.1) is 11.3 Å². The van der Waals surface area contributed by atoms with E-state index in [9.17, 15) is 4.79 Å². The van der Waals surface area contributed by atoms with Gasteiger partial charge in [0.25, 0.3) is 5.91 Å². The minimum atomic E-state index is 0.0238. The standard InChI is InChI=1S/C30H30ClNO2S/c1-2-34-26-18-17-22(21-11-5-3-6-12-21)19-23(26)20-32(24-13-7-4-8-14-24)30(33)29-28(31)25-15-9-10-16-27(25)35-29/h3,5-6,9-12,15-19,24H,2,4,7-8,13-14,20H2,1H3. The molecule has 4 aromatic rings. The van der Waals surface area contributed by atoms with E-state index >= 15 is 0 Å². The first-order chi connectivity index (χ1) is 17.2. The lowest BCUT2D eigenvalue weighted by Gasteiger charge is -2.35. The van der Waals surface area contributed by atoms with Gasteiger partial charge < -0.3 is 9.64 Å². The molecule has 0 aliphatic heterocycles. The molecule has 3 nitrogen and oxygen atoms in total. The molecular weight excluding hydrogens is 474 g/mol. The smallest absolute Gasteiger partial charge is 0.266 e. The number of fused-ring (bicyclic) bond motifs is 1. The van der Waals surface area contributed by atoms with Gasteiger partial charge >= 0.3 is 0 Å². The second kappa shape index (κ2) is 10.8. The normalized spacial score (nSPS) is 14.2. The van der Waals surface area contributed by atoms with Crippen LogP contribution in [0.4, 0.5) is 0 Å². The minimum absolute atomic E-state index is 0.0238. The average molecular weight is 504 g/mol. The molecule has 1 fully saturated rings. The lowest BCUT2D eigenvalue weighted by atomic mass is 9.93. The summed E-state index contributed by atoms with van der Waals surface area (Å²) in [7, 11) is 0. The van der Waals surface area contributed by atoms with Gasteiger partial charge in [-0.2, -0.15) is 0 Å². The minimum Gasteiger partial charge on any atom is -0.494 e. The Kier molecular flexibility index (Phi) is 7.40. The first kappa shape index (κ1) is 23.9. The highest BCUT2D eigenvalue weighted by molar-refractivity contribution is 7.21. The molecule has 0 spiro atoms. The monoisotopic (exact) mass is 503 g/mol. The van der Waals surface area contributed by atoms with Crippen molar-refractivity contribution in [3.8, 4) is 16.9 Å². The van der Waals surface area contributed by atoms with Crippen molar-refractivity contribution in [2.24, 2.45) is 0 Å². The Balaban J connectivity index is 1.54. The second-order valence-electron chi connectivity index (χ2n) is 9.09. The summed E-state index contributed by atoms with van der Waals surface area (Å²) in [5, 5.41) is 1.52. The van der Waals surface area contributed by atoms with Crippen molar-refractivity contribution in [1.82, 2.24) is 4.90 Å². The van der Waals surface area contributed by atoms with E-state index in [1.54, 1.807) is 0 Å². The molecule has 1 aliphatic rings. The van der Waals surface area contributed by atoms with Gasteiger partial charge in [0, 0.05) is 28.2 Å². The van der Waals surface area contributed by atoms with Gasteiger partial charge in [-0.1, -0.05) is 85.5 Å². The van der Waals surface area contributed by atoms with Crippen molar-refractivity contribution in [2.75, 3.05) is 6.61 Å². The van der Waals surface area contributed by atoms with Gasteiger partial charge in [-0.3, -0.25) is 4.79 Å². The molecule has 1 heterocycles. The van der Waals surface area contributed by atoms with Crippen molar-refractivity contribution in [3.05, 3.63) is 88.3 Å². The number of nitrogens with zero attached hydrogens (tertiary/aromatic N) is 1. The van der Waals surface area contributed by atoms with Gasteiger partial charge in [-0.25, -0.2) is 0 Å². The molecule has 0 unspecified atom stereocenters. The zero-order valence-electron chi connectivity index (χ0n) is 20.0. The molecule has 0 radical (unpaired) electrons. The molecule has 5 rings (SSSR count). The number of carbonyl (C=O) groups is 1. The number of carbonyl (C=O) groups excluding carboxylic acids is 1. The van der Waals surface area contributed by atoms with Crippen LogP contribution in [0.3, 0.4) is 0 Å². The number of hydrogen-bond acceptors (Lipinski definition) is 3. The van der Waals surface area contributed by atoms with E-state index < -0.39 is 0 Å². The van der Waals surface area contributed by atoms with Crippen LogP contribution in [0.2, 0.25) is 5.02 Å². The molecule has 1 aliphatic carbocycles. The van der Waals surface area contributed by atoms with Crippen molar-refractivity contribution < 1.29 is 9.53 Å². The summed E-state index contributed by atoms with van der Waals surface area (Å²) in [4.78, 5) is 16.8. The first-order valence-electron chi connectivity index (χ1n) is 12.4. The fourth-order valence-corrected chi connectivity index (χ4v) is 6.50. The van der Waals surface area contributed by atoms with E-state index in [1.807, 2.05) is 55.5 Å². The van der Waals surface area contributed by atoms with E-state index in [-0.39, 0.29) is 11.9 Å². The van der Waals surface area contributed by atoms with Crippen LogP contribution in [0.15, 0.2) is 72.8 Å². The van der Waals surface area contributed by atoms with Crippen LogP contribution < -0.4 is 4.74 Å². The second-order valence-corrected chi connectivity index (χ2v) is 10.5. The SMILES string of the molecule is CCOc1ccc(-c2ccccc2)cc1CN(C(=O)c1sc2ccccc2c1Cl)C1CCCCC1. The van der Waals surface area contributed by atoms with Crippen molar-refractivity contribution in [2.45, 2.75) is 51.6 Å². The number of thiophene rings is 1. The average Bonchev–Trinajstić information content (AvgIpc) is 3.25. The fourth-order valence-electron chi connectivity index (χ4n) is 5.03. The van der Waals surface area contributed by atoms with Crippen LogP contribution in [0, 0.1) is 0 Å². The quantitative estimate of drug-likeness (QED) is 0.252. The van der Waals surface area contributed by atoms with Gasteiger partial charge in [-0.05, 0) is 49.1 Å². The molecule has 1 saturated carbocycles. The Morgan fingerprint density at radius 1 is 0.971 bits per heavy atom. The number of ether oxygens (including phenoxy) is 1. The Morgan fingerprint density at radius 2 is 1.71 bits per heavy atom. The summed E-state index contributed by atoms with van der Waals surface area (Å²) in [6.07, 6.45) is 5.58. The molecule has 0 bridgehead atoms. The lowest BCUT2D eigenvalue weighted by molar-refractivity contribution is 0.0617. The Bertz CT molecular complexity index is 1310. The van der Waals surface area contributed by atoms with Crippen LogP contribution >= 0.6 is 22.9 Å². The van der Waals surface area contributed by atoms with Crippen molar-refractivity contribution in [1.29, 1.82) is 0 Å². The molecule has 1 aromatic heterocycles. The van der Waals surface area contributed by atoms with Crippen LogP contribution in [-0.4, -0.2) is 23.5 Å². The number of hydrogen-bond donors (Lipinski definition) is 0. The maximum absolute atomic E-state index is 14.1. The van der Waals surface area contributed by atoms with E-state index in [4.69, 9.17) is 16.3 Å². The molecule has 0 atom stereocenters. The Morgan fingerprint density at radius 3 is 2.46 bits per heavy atom. The highest BCUT2D eigenvalue weighted by Gasteiger charge is 2.30. The third kappa shape index (κ3) is 5.10. The van der Waals surface area contributed by atoms with E-state index in [2.05, 4.69) is 29.2 Å². The summed E-state index contributed by atoms with van der Waals surface area (Å²) in [5.41, 5.74) is 3.31. The Hall–Kier alpha value is -2.82. The van der Waals surface area contributed by atoms with Crippen LogP contribution in [0.5, 0.6) is 5.75 Å². The van der Waals surface area contributed by atoms with Gasteiger partial charge in [0.2, 0.25) is 0 Å². The summed E-state index contributed by atoms with van der Waals surface area (Å²) in [6, 6.07) is 24.8. The molecule has 180 valence electrons. The van der Waals surface area contributed by atoms with E-state index in [1.165, 1.54) is 17.8 Å². The number of amides is 1. The maximum atomic E-state index is 14.1. The number of benzene rings is 3. The predicted octanol–water partition coefficient (Wildman–Crippen LogP) is 8.60. The first-order valence-corrected chi connectivity index (χ1v) is 13.6. The van der Waals surface area contributed by atoms with E-state index in [0.29, 0.717) is 23.1 Å². The summed E-state index contributed by atoms with van der Waals surface area (Å²) >= 11 is 8.26. The molecule has 35 heavy (non-hydrogen) atoms. The highest BCUT2D eigenvalue weighted by Crippen LogP contribution is 2.38. The Labute approximate surface area is 216 Å². The lowest BCUT2D eigenvalue weighted by Crippen LogP contribution is -2.40. The zero-order valence-corrected chi connectivity index (χ0v) is 21.6. The van der Waals surface area contributed by atoms with Crippen molar-refractivity contribution >= 4 is 38.9 Å². The van der Waals surface area contributed by atoms with Gasteiger partial charge in [0.05, 0.1) is 11.6 Å². The molecule has 5 heteroatoms. The molecule has 3 aromatic carbocycles. The maximum Gasteiger partial charge on any atom is 0.266 e. The van der Waals surface area contributed by atoms with Crippen LogP contribution in [0.25, 0.3) is 21.2 Å². The van der Waals surface area contributed by atoms with Gasteiger partial charge in [0.15, 0.2) is 0 Å². The molecule has 0 N–H and O–H groups in total. The molecule has 0 saturated heterocycles.